The summed E-state index contributed by atoms with van der Waals surface area (Å²) in [4.78, 5) is 13.8. The summed E-state index contributed by atoms with van der Waals surface area (Å²) in [6, 6.07) is 4.98. The van der Waals surface area contributed by atoms with Gasteiger partial charge in [-0.25, -0.2) is 8.42 Å². The highest BCUT2D eigenvalue weighted by Gasteiger charge is 2.25. The zero-order chi connectivity index (χ0) is 17.7. The molecule has 0 spiro atoms. The minimum absolute atomic E-state index is 0.00829. The Morgan fingerprint density at radius 2 is 1.88 bits per heavy atom. The first-order valence-corrected chi connectivity index (χ1v) is 10.2. The first kappa shape index (κ1) is 19.3. The van der Waals surface area contributed by atoms with Crippen molar-refractivity contribution in [1.29, 1.82) is 0 Å². The largest absolute Gasteiger partial charge is 0.492 e. The number of piperazine rings is 1. The number of sulfonamides is 1. The van der Waals surface area contributed by atoms with Crippen LogP contribution in [0.15, 0.2) is 18.2 Å². The van der Waals surface area contributed by atoms with Gasteiger partial charge < -0.3 is 9.64 Å². The molecule has 1 aliphatic heterocycles. The molecule has 1 aliphatic rings. The molecule has 0 unspecified atom stereocenters. The lowest BCUT2D eigenvalue weighted by Crippen LogP contribution is -2.50. The van der Waals surface area contributed by atoms with Gasteiger partial charge in [0.2, 0.25) is 15.9 Å². The van der Waals surface area contributed by atoms with Crippen molar-refractivity contribution in [2.75, 3.05) is 39.0 Å². The molecule has 0 radical (unpaired) electrons. The predicted octanol–water partition coefficient (Wildman–Crippen LogP) is 2.26. The molecule has 0 aromatic heterocycles. The van der Waals surface area contributed by atoms with E-state index in [0.29, 0.717) is 61.4 Å². The minimum Gasteiger partial charge on any atom is -0.492 e. The molecule has 9 heteroatoms. The second-order valence-corrected chi connectivity index (χ2v) is 8.40. The number of hydrogen-bond donors (Lipinski definition) is 0. The first-order valence-electron chi connectivity index (χ1n) is 7.58. The van der Waals surface area contributed by atoms with Gasteiger partial charge in [0.1, 0.15) is 5.75 Å². The van der Waals surface area contributed by atoms with Gasteiger partial charge in [0, 0.05) is 37.6 Å². The van der Waals surface area contributed by atoms with Gasteiger partial charge in [0.15, 0.2) is 0 Å². The van der Waals surface area contributed by atoms with Crippen LogP contribution in [-0.2, 0) is 14.8 Å². The summed E-state index contributed by atoms with van der Waals surface area (Å²) < 4.78 is 29.8. The summed E-state index contributed by atoms with van der Waals surface area (Å²) >= 11 is 11.8. The zero-order valence-corrected chi connectivity index (χ0v) is 15.7. The number of benzene rings is 1. The Labute approximate surface area is 152 Å². The quantitative estimate of drug-likeness (QED) is 0.693. The van der Waals surface area contributed by atoms with Gasteiger partial charge in [-0.1, -0.05) is 23.2 Å². The minimum atomic E-state index is -3.18. The smallest absolute Gasteiger partial charge is 0.222 e. The highest BCUT2D eigenvalue weighted by atomic mass is 35.5. The average Bonchev–Trinajstić information content (AvgIpc) is 2.52. The summed E-state index contributed by atoms with van der Waals surface area (Å²) in [5, 5.41) is 0.974. The van der Waals surface area contributed by atoms with Crippen molar-refractivity contribution < 1.29 is 17.9 Å². The topological polar surface area (TPSA) is 66.9 Å². The Bertz CT molecular complexity index is 689. The van der Waals surface area contributed by atoms with Crippen molar-refractivity contribution in [1.82, 2.24) is 9.21 Å². The summed E-state index contributed by atoms with van der Waals surface area (Å²) in [5.41, 5.74) is 0. The third-order valence-corrected chi connectivity index (χ3v) is 5.58. The van der Waals surface area contributed by atoms with E-state index < -0.39 is 10.0 Å². The standard InChI is InChI=1S/C15H20Cl2N2O4S/c1-24(21,22)19-8-6-18(7-9-19)15(20)3-2-10-23-14-5-4-12(16)11-13(14)17/h4-5,11H,2-3,6-10H2,1H3. The highest BCUT2D eigenvalue weighted by Crippen LogP contribution is 2.27. The molecule has 1 aromatic carbocycles. The van der Waals surface area contributed by atoms with Gasteiger partial charge in [-0.2, -0.15) is 4.31 Å². The SMILES string of the molecule is CS(=O)(=O)N1CCN(C(=O)CCCOc2ccc(Cl)cc2Cl)CC1. The molecule has 1 heterocycles. The Morgan fingerprint density at radius 3 is 2.46 bits per heavy atom. The molecule has 6 nitrogen and oxygen atoms in total. The van der Waals surface area contributed by atoms with E-state index in [1.807, 2.05) is 0 Å². The van der Waals surface area contributed by atoms with Gasteiger partial charge in [0.25, 0.3) is 0 Å². The Kier molecular flexibility index (Phi) is 6.74. The van der Waals surface area contributed by atoms with Gasteiger partial charge in [-0.05, 0) is 24.6 Å². The van der Waals surface area contributed by atoms with Crippen LogP contribution in [0, 0.1) is 0 Å². The highest BCUT2D eigenvalue weighted by molar-refractivity contribution is 7.88. The molecule has 134 valence electrons. The van der Waals surface area contributed by atoms with Gasteiger partial charge in [-0.15, -0.1) is 0 Å². The average molecular weight is 395 g/mol. The van der Waals surface area contributed by atoms with Crippen LogP contribution < -0.4 is 4.74 Å². The molecular formula is C15H20Cl2N2O4S. The third-order valence-electron chi connectivity index (χ3n) is 3.75. The molecule has 2 rings (SSSR count). The summed E-state index contributed by atoms with van der Waals surface area (Å²) in [5.74, 6) is 0.546. The van der Waals surface area contributed by atoms with E-state index in [1.54, 1.807) is 23.1 Å². The van der Waals surface area contributed by atoms with E-state index in [0.717, 1.165) is 0 Å². The Hall–Kier alpha value is -1.02. The van der Waals surface area contributed by atoms with Crippen molar-refractivity contribution >= 4 is 39.1 Å². The van der Waals surface area contributed by atoms with Crippen molar-refractivity contribution in [3.05, 3.63) is 28.2 Å². The van der Waals surface area contributed by atoms with E-state index in [4.69, 9.17) is 27.9 Å². The van der Waals surface area contributed by atoms with E-state index >= 15 is 0 Å². The number of nitrogens with zero attached hydrogens (tertiary/aromatic N) is 2. The second-order valence-electron chi connectivity index (χ2n) is 5.57. The molecule has 0 bridgehead atoms. The van der Waals surface area contributed by atoms with Gasteiger partial charge in [-0.3, -0.25) is 4.79 Å². The van der Waals surface area contributed by atoms with Crippen LogP contribution in [-0.4, -0.2) is 62.6 Å². The lowest BCUT2D eigenvalue weighted by molar-refractivity contribution is -0.132. The molecule has 1 aromatic rings. The van der Waals surface area contributed by atoms with Crippen LogP contribution in [0.1, 0.15) is 12.8 Å². The lowest BCUT2D eigenvalue weighted by Gasteiger charge is -2.33. The fourth-order valence-electron chi connectivity index (χ4n) is 2.43. The maximum absolute atomic E-state index is 12.1. The van der Waals surface area contributed by atoms with Crippen molar-refractivity contribution in [2.45, 2.75) is 12.8 Å². The number of hydrogen-bond acceptors (Lipinski definition) is 4. The van der Waals surface area contributed by atoms with Gasteiger partial charge >= 0.3 is 0 Å². The predicted molar refractivity (Wildman–Crippen MR) is 94.2 cm³/mol. The monoisotopic (exact) mass is 394 g/mol. The number of carbonyl (C=O) groups is 1. The van der Waals surface area contributed by atoms with Crippen LogP contribution in [0.4, 0.5) is 0 Å². The van der Waals surface area contributed by atoms with Crippen molar-refractivity contribution in [3.8, 4) is 5.75 Å². The van der Waals surface area contributed by atoms with Crippen molar-refractivity contribution in [2.24, 2.45) is 0 Å². The van der Waals surface area contributed by atoms with E-state index in [2.05, 4.69) is 0 Å². The lowest BCUT2D eigenvalue weighted by atomic mass is 10.2. The molecule has 1 saturated heterocycles. The van der Waals surface area contributed by atoms with Crippen LogP contribution in [0.2, 0.25) is 10.0 Å². The molecular weight excluding hydrogens is 375 g/mol. The molecule has 0 saturated carbocycles. The van der Waals surface area contributed by atoms with Crippen LogP contribution in [0.5, 0.6) is 5.75 Å². The van der Waals surface area contributed by atoms with Crippen LogP contribution in [0.25, 0.3) is 0 Å². The van der Waals surface area contributed by atoms with E-state index in [1.165, 1.54) is 10.6 Å². The summed E-state index contributed by atoms with van der Waals surface area (Å²) in [6.07, 6.45) is 2.10. The zero-order valence-electron chi connectivity index (χ0n) is 13.4. The second kappa shape index (κ2) is 8.38. The molecule has 24 heavy (non-hydrogen) atoms. The molecule has 1 amide bonds. The fraction of sp³-hybridized carbons (Fsp3) is 0.533. The fourth-order valence-corrected chi connectivity index (χ4v) is 3.71. The van der Waals surface area contributed by atoms with Gasteiger partial charge in [0.05, 0.1) is 17.9 Å². The molecule has 0 aliphatic carbocycles. The Balaban J connectivity index is 1.70. The maximum Gasteiger partial charge on any atom is 0.222 e. The normalized spacial score (nSPS) is 16.2. The summed E-state index contributed by atoms with van der Waals surface area (Å²) in [7, 11) is -3.18. The number of ether oxygens (including phenoxy) is 1. The van der Waals surface area contributed by atoms with Crippen LogP contribution in [0.3, 0.4) is 0 Å². The van der Waals surface area contributed by atoms with Crippen LogP contribution >= 0.6 is 23.2 Å². The third kappa shape index (κ3) is 5.51. The number of rotatable bonds is 6. The van der Waals surface area contributed by atoms with E-state index in [9.17, 15) is 13.2 Å². The number of carbonyl (C=O) groups excluding carboxylic acids is 1. The number of amides is 1. The van der Waals surface area contributed by atoms with E-state index in [-0.39, 0.29) is 5.91 Å². The molecule has 1 fully saturated rings. The molecule has 0 N–H and O–H groups in total. The number of halogens is 2. The molecule has 0 atom stereocenters. The first-order chi connectivity index (χ1) is 11.3. The van der Waals surface area contributed by atoms with Crippen molar-refractivity contribution in [3.63, 3.8) is 0 Å². The summed E-state index contributed by atoms with van der Waals surface area (Å²) in [6.45, 7) is 1.92. The maximum atomic E-state index is 12.1. The Morgan fingerprint density at radius 1 is 1.21 bits per heavy atom.